The summed E-state index contributed by atoms with van der Waals surface area (Å²) in [6.45, 7) is 5.85. The van der Waals surface area contributed by atoms with Gasteiger partial charge in [0.2, 0.25) is 0 Å². The number of rotatable bonds is 4. The summed E-state index contributed by atoms with van der Waals surface area (Å²) >= 11 is 1.48. The van der Waals surface area contributed by atoms with Gasteiger partial charge in [0.15, 0.2) is 5.13 Å². The lowest BCUT2D eigenvalue weighted by Gasteiger charge is -2.04. The van der Waals surface area contributed by atoms with Crippen LogP contribution in [0.2, 0.25) is 0 Å². The molecule has 1 aromatic carbocycles. The van der Waals surface area contributed by atoms with Gasteiger partial charge in [-0.15, -0.1) is 11.3 Å². The van der Waals surface area contributed by atoms with Gasteiger partial charge in [-0.25, -0.2) is 4.98 Å². The molecule has 0 unspecified atom stereocenters. The van der Waals surface area contributed by atoms with Gasteiger partial charge >= 0.3 is 0 Å². The van der Waals surface area contributed by atoms with Crippen molar-refractivity contribution in [1.82, 2.24) is 4.98 Å². The molecule has 0 saturated carbocycles. The van der Waals surface area contributed by atoms with Crippen LogP contribution in [-0.4, -0.2) is 10.9 Å². The van der Waals surface area contributed by atoms with E-state index in [0.29, 0.717) is 10.8 Å². The van der Waals surface area contributed by atoms with Crippen molar-refractivity contribution < 1.29 is 4.79 Å². The summed E-state index contributed by atoms with van der Waals surface area (Å²) in [5.74, 6) is -0.455. The number of nitrogens with zero attached hydrogens (tertiary/aromatic N) is 2. The first-order valence-corrected chi connectivity index (χ1v) is 7.50. The number of thiazole rings is 1. The predicted octanol–water partition coefficient (Wildman–Crippen LogP) is 3.53. The number of aromatic nitrogens is 1. The molecule has 1 amide bonds. The zero-order valence-electron chi connectivity index (χ0n) is 12.6. The average Bonchev–Trinajstić information content (AvgIpc) is 2.81. The Morgan fingerprint density at radius 2 is 1.95 bits per heavy atom. The number of carbonyl (C=O) groups excluding carboxylic acids is 1. The molecule has 112 valence electrons. The monoisotopic (exact) mass is 312 g/mol. The van der Waals surface area contributed by atoms with E-state index in [1.54, 1.807) is 12.1 Å². The minimum Gasteiger partial charge on any atom is -0.337 e. The number of anilines is 2. The molecule has 1 aromatic heterocycles. The standard InChI is InChI=1S/C16H16N4OS/c1-10-4-6-14(7-5-10)20-15(21)13(8-17)9-18-16-19-11(2)12(3)22-16/h4-7,9H,1-3H3,(H,18,19)(H,20,21)/b13-9-. The molecule has 1 heterocycles. The smallest absolute Gasteiger partial charge is 0.267 e. The number of aryl methyl sites for hydroxylation is 3. The molecule has 22 heavy (non-hydrogen) atoms. The van der Waals surface area contributed by atoms with Gasteiger partial charge in [-0.05, 0) is 32.9 Å². The zero-order chi connectivity index (χ0) is 16.1. The summed E-state index contributed by atoms with van der Waals surface area (Å²) in [7, 11) is 0. The first kappa shape index (κ1) is 15.7. The highest BCUT2D eigenvalue weighted by atomic mass is 32.1. The quantitative estimate of drug-likeness (QED) is 0.669. The van der Waals surface area contributed by atoms with Crippen LogP contribution in [0.25, 0.3) is 0 Å². The molecular weight excluding hydrogens is 296 g/mol. The Hall–Kier alpha value is -2.65. The Morgan fingerprint density at radius 3 is 2.50 bits per heavy atom. The first-order chi connectivity index (χ1) is 10.5. The van der Waals surface area contributed by atoms with Crippen LogP contribution in [0.4, 0.5) is 10.8 Å². The molecule has 0 aliphatic carbocycles. The summed E-state index contributed by atoms with van der Waals surface area (Å²) in [6, 6.07) is 9.27. The van der Waals surface area contributed by atoms with E-state index in [1.165, 1.54) is 17.5 Å². The lowest BCUT2D eigenvalue weighted by Crippen LogP contribution is -2.14. The third-order valence-electron chi connectivity index (χ3n) is 3.04. The number of nitrogens with one attached hydrogen (secondary N) is 2. The molecule has 2 aromatic rings. The highest BCUT2D eigenvalue weighted by Gasteiger charge is 2.10. The van der Waals surface area contributed by atoms with Gasteiger partial charge in [-0.1, -0.05) is 17.7 Å². The Bertz CT molecular complexity index is 734. The molecule has 0 saturated heterocycles. The van der Waals surface area contributed by atoms with Crippen molar-refractivity contribution in [1.29, 1.82) is 5.26 Å². The van der Waals surface area contributed by atoms with Crippen LogP contribution in [0.15, 0.2) is 36.0 Å². The van der Waals surface area contributed by atoms with Crippen LogP contribution in [0.1, 0.15) is 16.1 Å². The predicted molar refractivity (Wildman–Crippen MR) is 88.7 cm³/mol. The van der Waals surface area contributed by atoms with Gasteiger partial charge in [-0.2, -0.15) is 5.26 Å². The van der Waals surface area contributed by atoms with E-state index in [9.17, 15) is 4.79 Å². The van der Waals surface area contributed by atoms with Crippen LogP contribution in [0, 0.1) is 32.1 Å². The van der Waals surface area contributed by atoms with Crippen LogP contribution in [0.5, 0.6) is 0 Å². The lowest BCUT2D eigenvalue weighted by atomic mass is 10.2. The van der Waals surface area contributed by atoms with Crippen LogP contribution >= 0.6 is 11.3 Å². The molecule has 0 bridgehead atoms. The SMILES string of the molecule is Cc1ccc(NC(=O)/C(C#N)=C\Nc2nc(C)c(C)s2)cc1. The van der Waals surface area contributed by atoms with Gasteiger partial charge in [0, 0.05) is 16.8 Å². The van der Waals surface area contributed by atoms with Gasteiger partial charge in [0.25, 0.3) is 5.91 Å². The van der Waals surface area contributed by atoms with E-state index in [1.807, 2.05) is 39.0 Å². The number of hydrogen-bond acceptors (Lipinski definition) is 5. The van der Waals surface area contributed by atoms with E-state index in [0.717, 1.165) is 16.1 Å². The Balaban J connectivity index is 2.06. The van der Waals surface area contributed by atoms with E-state index in [2.05, 4.69) is 15.6 Å². The largest absolute Gasteiger partial charge is 0.337 e. The van der Waals surface area contributed by atoms with Gasteiger partial charge in [0.1, 0.15) is 11.6 Å². The maximum Gasteiger partial charge on any atom is 0.267 e. The maximum atomic E-state index is 12.1. The molecule has 0 aliphatic rings. The molecular formula is C16H16N4OS. The zero-order valence-corrected chi connectivity index (χ0v) is 13.4. The number of nitriles is 1. The van der Waals surface area contributed by atoms with Gasteiger partial charge in [-0.3, -0.25) is 4.79 Å². The summed E-state index contributed by atoms with van der Waals surface area (Å²) < 4.78 is 0. The Kier molecular flexibility index (Phi) is 4.92. The fourth-order valence-electron chi connectivity index (χ4n) is 1.65. The van der Waals surface area contributed by atoms with Gasteiger partial charge < -0.3 is 10.6 Å². The van der Waals surface area contributed by atoms with E-state index in [-0.39, 0.29) is 5.57 Å². The highest BCUT2D eigenvalue weighted by molar-refractivity contribution is 7.15. The molecule has 6 heteroatoms. The highest BCUT2D eigenvalue weighted by Crippen LogP contribution is 2.21. The summed E-state index contributed by atoms with van der Waals surface area (Å²) in [4.78, 5) is 17.5. The van der Waals surface area contributed by atoms with Crippen molar-refractivity contribution in [2.24, 2.45) is 0 Å². The maximum absolute atomic E-state index is 12.1. The summed E-state index contributed by atoms with van der Waals surface area (Å²) in [6.07, 6.45) is 1.38. The summed E-state index contributed by atoms with van der Waals surface area (Å²) in [5.41, 5.74) is 2.68. The topological polar surface area (TPSA) is 77.8 Å². The van der Waals surface area contributed by atoms with Crippen molar-refractivity contribution in [3.8, 4) is 6.07 Å². The minimum atomic E-state index is -0.455. The second kappa shape index (κ2) is 6.87. The van der Waals surface area contributed by atoms with Gasteiger partial charge in [0.05, 0.1) is 5.69 Å². The molecule has 0 fully saturated rings. The third kappa shape index (κ3) is 3.93. The van der Waals surface area contributed by atoms with E-state index >= 15 is 0 Å². The lowest BCUT2D eigenvalue weighted by molar-refractivity contribution is -0.112. The number of hydrogen-bond donors (Lipinski definition) is 2. The van der Waals surface area contributed by atoms with Crippen molar-refractivity contribution >= 4 is 28.1 Å². The Labute approximate surface area is 133 Å². The normalized spacial score (nSPS) is 10.9. The fourth-order valence-corrected chi connectivity index (χ4v) is 2.44. The first-order valence-electron chi connectivity index (χ1n) is 6.68. The van der Waals surface area contributed by atoms with E-state index in [4.69, 9.17) is 5.26 Å². The van der Waals surface area contributed by atoms with Crippen LogP contribution in [0.3, 0.4) is 0 Å². The van der Waals surface area contributed by atoms with Crippen LogP contribution < -0.4 is 10.6 Å². The van der Waals surface area contributed by atoms with Crippen molar-refractivity contribution in [2.45, 2.75) is 20.8 Å². The van der Waals surface area contributed by atoms with Crippen molar-refractivity contribution in [2.75, 3.05) is 10.6 Å². The molecule has 2 N–H and O–H groups in total. The Morgan fingerprint density at radius 1 is 1.27 bits per heavy atom. The van der Waals surface area contributed by atoms with Crippen molar-refractivity contribution in [3.05, 3.63) is 52.2 Å². The average molecular weight is 312 g/mol. The van der Waals surface area contributed by atoms with E-state index < -0.39 is 5.91 Å². The number of amides is 1. The fraction of sp³-hybridized carbons (Fsp3) is 0.188. The molecule has 0 aliphatic heterocycles. The molecule has 5 nitrogen and oxygen atoms in total. The number of carbonyl (C=O) groups is 1. The minimum absolute atomic E-state index is 0.00826. The van der Waals surface area contributed by atoms with Crippen LogP contribution in [-0.2, 0) is 4.79 Å². The van der Waals surface area contributed by atoms with Crippen molar-refractivity contribution in [3.63, 3.8) is 0 Å². The second-order valence-electron chi connectivity index (χ2n) is 4.79. The summed E-state index contributed by atoms with van der Waals surface area (Å²) in [5, 5.41) is 15.4. The number of benzene rings is 1. The molecule has 0 radical (unpaired) electrons. The third-order valence-corrected chi connectivity index (χ3v) is 4.05. The molecule has 2 rings (SSSR count). The molecule has 0 atom stereocenters. The molecule has 0 spiro atoms. The second-order valence-corrected chi connectivity index (χ2v) is 6.00.